The van der Waals surface area contributed by atoms with E-state index in [9.17, 15) is 4.79 Å². The fourth-order valence-corrected chi connectivity index (χ4v) is 3.11. The minimum atomic E-state index is -0.455. The summed E-state index contributed by atoms with van der Waals surface area (Å²) >= 11 is 6.20. The van der Waals surface area contributed by atoms with E-state index >= 15 is 0 Å². The maximum atomic E-state index is 12.6. The van der Waals surface area contributed by atoms with Crippen LogP contribution in [0.2, 0.25) is 5.02 Å². The maximum absolute atomic E-state index is 12.6. The summed E-state index contributed by atoms with van der Waals surface area (Å²) < 4.78 is 0. The summed E-state index contributed by atoms with van der Waals surface area (Å²) in [4.78, 5) is 19.7. The van der Waals surface area contributed by atoms with E-state index < -0.39 is 6.10 Å². The third-order valence-corrected chi connectivity index (χ3v) is 4.51. The molecule has 3 rings (SSSR count). The van der Waals surface area contributed by atoms with Crippen LogP contribution in [-0.4, -0.2) is 29.2 Å². The fourth-order valence-electron chi connectivity index (χ4n) is 2.82. The molecule has 1 aromatic carbocycles. The summed E-state index contributed by atoms with van der Waals surface area (Å²) in [6.45, 7) is 5.42. The van der Waals surface area contributed by atoms with Crippen molar-refractivity contribution in [1.82, 2.24) is 4.90 Å². The zero-order chi connectivity index (χ0) is 15.0. The smallest absolute Gasteiger partial charge is 0.267 e. The molecule has 1 unspecified atom stereocenters. The molecule has 1 amide bonds. The van der Waals surface area contributed by atoms with Crippen LogP contribution in [-0.2, 0) is 22.6 Å². The first-order chi connectivity index (χ1) is 10.1. The lowest BCUT2D eigenvalue weighted by molar-refractivity contribution is -0.143. The molecule has 0 saturated heterocycles. The number of hydrogen-bond donors (Lipinski definition) is 0. The number of carbonyl (C=O) groups excluding carboxylic acids is 1. The lowest BCUT2D eigenvalue weighted by Gasteiger charge is -2.30. The van der Waals surface area contributed by atoms with Gasteiger partial charge in [-0.15, -0.1) is 0 Å². The Morgan fingerprint density at radius 3 is 3.00 bits per heavy atom. The zero-order valence-electron chi connectivity index (χ0n) is 12.3. The second-order valence-corrected chi connectivity index (χ2v) is 6.33. The van der Waals surface area contributed by atoms with Crippen LogP contribution in [0.15, 0.2) is 23.4 Å². The summed E-state index contributed by atoms with van der Waals surface area (Å²) in [5.74, 6) is 0.351. The van der Waals surface area contributed by atoms with Gasteiger partial charge in [-0.05, 0) is 29.5 Å². The molecule has 0 fully saturated rings. The molecular weight excluding hydrogens is 288 g/mol. The molecule has 0 radical (unpaired) electrons. The summed E-state index contributed by atoms with van der Waals surface area (Å²) in [5, 5.41) is 4.83. The van der Waals surface area contributed by atoms with Gasteiger partial charge in [0.05, 0.1) is 5.71 Å². The van der Waals surface area contributed by atoms with Gasteiger partial charge in [-0.3, -0.25) is 4.79 Å². The van der Waals surface area contributed by atoms with Crippen molar-refractivity contribution in [3.8, 4) is 0 Å². The van der Waals surface area contributed by atoms with Crippen molar-refractivity contribution in [3.05, 3.63) is 34.3 Å². The molecule has 2 aliphatic rings. The third-order valence-electron chi connectivity index (χ3n) is 4.15. The van der Waals surface area contributed by atoms with Gasteiger partial charge in [-0.1, -0.05) is 42.7 Å². The lowest BCUT2D eigenvalue weighted by atomic mass is 9.98. The van der Waals surface area contributed by atoms with Crippen molar-refractivity contribution >= 4 is 23.2 Å². The Labute approximate surface area is 129 Å². The Bertz CT molecular complexity index is 598. The Morgan fingerprint density at radius 2 is 2.29 bits per heavy atom. The number of hydrogen-bond acceptors (Lipinski definition) is 3. The van der Waals surface area contributed by atoms with Crippen LogP contribution < -0.4 is 0 Å². The Morgan fingerprint density at radius 1 is 1.48 bits per heavy atom. The van der Waals surface area contributed by atoms with E-state index in [1.807, 2.05) is 23.1 Å². The number of halogens is 1. The van der Waals surface area contributed by atoms with Gasteiger partial charge in [-0.2, -0.15) is 0 Å². The summed E-state index contributed by atoms with van der Waals surface area (Å²) in [7, 11) is 0. The number of carbonyl (C=O) groups is 1. The van der Waals surface area contributed by atoms with Crippen LogP contribution in [0.1, 0.15) is 31.4 Å². The molecule has 4 nitrogen and oxygen atoms in total. The molecule has 0 saturated carbocycles. The van der Waals surface area contributed by atoms with Crippen molar-refractivity contribution in [2.45, 2.75) is 39.3 Å². The van der Waals surface area contributed by atoms with Gasteiger partial charge in [0, 0.05) is 24.5 Å². The number of oxime groups is 1. The standard InChI is InChI=1S/C16H19ClN2O2/c1-10(2)14-8-15(21-18-14)16(20)19-7-6-12-11(9-19)4-3-5-13(12)17/h3-5,10,15H,6-9H2,1-2H3. The van der Waals surface area contributed by atoms with E-state index in [-0.39, 0.29) is 5.91 Å². The molecule has 2 heterocycles. The highest BCUT2D eigenvalue weighted by Gasteiger charge is 2.34. The van der Waals surface area contributed by atoms with Crippen molar-refractivity contribution in [1.29, 1.82) is 0 Å². The third kappa shape index (κ3) is 2.77. The predicted octanol–water partition coefficient (Wildman–Crippen LogP) is 3.03. The van der Waals surface area contributed by atoms with E-state index in [1.165, 1.54) is 0 Å². The first-order valence-corrected chi connectivity index (χ1v) is 7.71. The van der Waals surface area contributed by atoms with Crippen molar-refractivity contribution in [3.63, 3.8) is 0 Å². The SMILES string of the molecule is CC(C)C1=NOC(C(=O)N2CCc3c(Cl)cccc3C2)C1. The fraction of sp³-hybridized carbons (Fsp3) is 0.500. The summed E-state index contributed by atoms with van der Waals surface area (Å²) in [5.41, 5.74) is 3.26. The molecule has 5 heteroatoms. The van der Waals surface area contributed by atoms with Gasteiger partial charge < -0.3 is 9.74 Å². The Hall–Kier alpha value is -1.55. The van der Waals surface area contributed by atoms with Crippen LogP contribution in [0.3, 0.4) is 0 Å². The topological polar surface area (TPSA) is 41.9 Å². The van der Waals surface area contributed by atoms with E-state index in [2.05, 4.69) is 19.0 Å². The second kappa shape index (κ2) is 5.68. The normalized spacial score (nSPS) is 21.0. The number of rotatable bonds is 2. The largest absolute Gasteiger partial charge is 0.382 e. The van der Waals surface area contributed by atoms with Gasteiger partial charge in [0.25, 0.3) is 5.91 Å². The van der Waals surface area contributed by atoms with Crippen LogP contribution >= 0.6 is 11.6 Å². The van der Waals surface area contributed by atoms with Gasteiger partial charge >= 0.3 is 0 Å². The first-order valence-electron chi connectivity index (χ1n) is 7.34. The average Bonchev–Trinajstić information content (AvgIpc) is 2.96. The number of amides is 1. The summed E-state index contributed by atoms with van der Waals surface area (Å²) in [6, 6.07) is 5.87. The van der Waals surface area contributed by atoms with E-state index in [0.717, 1.165) is 28.3 Å². The second-order valence-electron chi connectivity index (χ2n) is 5.92. The van der Waals surface area contributed by atoms with E-state index in [0.29, 0.717) is 25.4 Å². The minimum Gasteiger partial charge on any atom is -0.382 e. The van der Waals surface area contributed by atoms with Gasteiger partial charge in [-0.25, -0.2) is 0 Å². The first kappa shape index (κ1) is 14.4. The molecule has 2 aliphatic heterocycles. The molecule has 0 N–H and O–H groups in total. The van der Waals surface area contributed by atoms with Crippen LogP contribution in [0, 0.1) is 5.92 Å². The van der Waals surface area contributed by atoms with Crippen molar-refractivity contribution in [2.24, 2.45) is 11.1 Å². The highest BCUT2D eigenvalue weighted by Crippen LogP contribution is 2.27. The molecule has 1 aromatic rings. The zero-order valence-corrected chi connectivity index (χ0v) is 13.1. The van der Waals surface area contributed by atoms with Gasteiger partial charge in [0.2, 0.25) is 6.10 Å². The number of benzene rings is 1. The summed E-state index contributed by atoms with van der Waals surface area (Å²) in [6.07, 6.45) is 0.948. The highest BCUT2D eigenvalue weighted by molar-refractivity contribution is 6.31. The number of fused-ring (bicyclic) bond motifs is 1. The minimum absolute atomic E-state index is 0.0278. The molecule has 0 aromatic heterocycles. The Kier molecular flexibility index (Phi) is 3.89. The highest BCUT2D eigenvalue weighted by atomic mass is 35.5. The Balaban J connectivity index is 1.68. The molecule has 21 heavy (non-hydrogen) atoms. The molecule has 0 spiro atoms. The van der Waals surface area contributed by atoms with Crippen LogP contribution in [0.5, 0.6) is 0 Å². The molecule has 1 atom stereocenters. The predicted molar refractivity (Wildman–Crippen MR) is 82.3 cm³/mol. The van der Waals surface area contributed by atoms with Crippen LogP contribution in [0.4, 0.5) is 0 Å². The van der Waals surface area contributed by atoms with Gasteiger partial charge in [0.15, 0.2) is 0 Å². The monoisotopic (exact) mass is 306 g/mol. The van der Waals surface area contributed by atoms with E-state index in [4.69, 9.17) is 16.4 Å². The molecule has 0 aliphatic carbocycles. The molecule has 112 valence electrons. The molecular formula is C16H19ClN2O2. The maximum Gasteiger partial charge on any atom is 0.267 e. The number of nitrogens with zero attached hydrogens (tertiary/aromatic N) is 2. The molecule has 0 bridgehead atoms. The lowest BCUT2D eigenvalue weighted by Crippen LogP contribution is -2.42. The van der Waals surface area contributed by atoms with Crippen LogP contribution in [0.25, 0.3) is 0 Å². The quantitative estimate of drug-likeness (QED) is 0.843. The van der Waals surface area contributed by atoms with E-state index in [1.54, 1.807) is 0 Å². The average molecular weight is 307 g/mol. The van der Waals surface area contributed by atoms with Crippen molar-refractivity contribution in [2.75, 3.05) is 6.54 Å². The van der Waals surface area contributed by atoms with Crippen molar-refractivity contribution < 1.29 is 9.63 Å². The van der Waals surface area contributed by atoms with Gasteiger partial charge in [0.1, 0.15) is 0 Å².